The van der Waals surface area contributed by atoms with Crippen LogP contribution in [0.2, 0.25) is 0 Å². The highest BCUT2D eigenvalue weighted by atomic mass is 32.2. The zero-order valence-corrected chi connectivity index (χ0v) is 6.58. The number of alkyl halides is 1. The summed E-state index contributed by atoms with van der Waals surface area (Å²) in [5, 5.41) is 2.85. The number of halogens is 1. The largest absolute Gasteiger partial charge is 0.304 e. The van der Waals surface area contributed by atoms with Gasteiger partial charge in [-0.25, -0.2) is 4.39 Å². The minimum Gasteiger partial charge on any atom is -0.304 e. The molecule has 1 heterocycles. The molecule has 0 aromatic heterocycles. The Balaban J connectivity index is 2.37. The molecule has 1 fully saturated rings. The molecule has 1 saturated heterocycles. The average Bonchev–Trinajstić information content (AvgIpc) is 2.34. The normalized spacial score (nSPS) is 32.6. The molecule has 10 heavy (non-hydrogen) atoms. The fourth-order valence-corrected chi connectivity index (χ4v) is 1.48. The fourth-order valence-electron chi connectivity index (χ4n) is 1.01. The van der Waals surface area contributed by atoms with Crippen LogP contribution in [0.25, 0.3) is 0 Å². The summed E-state index contributed by atoms with van der Waals surface area (Å²) in [6, 6.07) is -0.245. The second-order valence-electron chi connectivity index (χ2n) is 2.32. The van der Waals surface area contributed by atoms with Gasteiger partial charge in [0.15, 0.2) is 0 Å². The number of hydrogen-bond acceptors (Lipinski definition) is 3. The quantitative estimate of drug-likeness (QED) is 0.613. The number of carbonyl (C=O) groups excluding carboxylic acids is 1. The Bertz CT molecular complexity index is 142. The zero-order valence-electron chi connectivity index (χ0n) is 5.76. The maximum absolute atomic E-state index is 12.4. The highest BCUT2D eigenvalue weighted by Crippen LogP contribution is 2.14. The van der Waals surface area contributed by atoms with Gasteiger partial charge in [0.1, 0.15) is 6.17 Å². The molecule has 2 nitrogen and oxygen atoms in total. The fraction of sp³-hybridized carbons (Fsp3) is 0.833. The monoisotopic (exact) mass is 163 g/mol. The predicted octanol–water partition coefficient (Wildman–Crippen LogP) is 0.576. The molecular formula is C6H10FNOS. The Kier molecular flexibility index (Phi) is 2.68. The van der Waals surface area contributed by atoms with Crippen molar-refractivity contribution in [3.8, 4) is 0 Å². The summed E-state index contributed by atoms with van der Waals surface area (Å²) < 4.78 is 12.4. The van der Waals surface area contributed by atoms with Crippen molar-refractivity contribution in [2.75, 3.05) is 12.8 Å². The molecule has 0 radical (unpaired) electrons. The second kappa shape index (κ2) is 3.34. The summed E-state index contributed by atoms with van der Waals surface area (Å²) in [4.78, 5) is 10.9. The first-order valence-corrected chi connectivity index (χ1v) is 4.42. The molecule has 0 amide bonds. The first-order chi connectivity index (χ1) is 4.74. The lowest BCUT2D eigenvalue weighted by Crippen LogP contribution is -2.28. The van der Waals surface area contributed by atoms with Gasteiger partial charge in [-0.3, -0.25) is 4.79 Å². The van der Waals surface area contributed by atoms with Crippen LogP contribution in [0.5, 0.6) is 0 Å². The topological polar surface area (TPSA) is 29.1 Å². The molecule has 1 N–H and O–H groups in total. The van der Waals surface area contributed by atoms with E-state index in [1.54, 1.807) is 6.26 Å². The number of thioether (sulfide) groups is 1. The van der Waals surface area contributed by atoms with E-state index in [9.17, 15) is 9.18 Å². The minimum absolute atomic E-state index is 0.0418. The van der Waals surface area contributed by atoms with Crippen molar-refractivity contribution >= 4 is 16.9 Å². The van der Waals surface area contributed by atoms with Crippen LogP contribution >= 0.6 is 11.8 Å². The molecule has 0 aliphatic carbocycles. The van der Waals surface area contributed by atoms with E-state index in [-0.39, 0.29) is 11.2 Å². The van der Waals surface area contributed by atoms with Gasteiger partial charge >= 0.3 is 0 Å². The first-order valence-electron chi connectivity index (χ1n) is 3.19. The van der Waals surface area contributed by atoms with Gasteiger partial charge in [-0.1, -0.05) is 11.8 Å². The van der Waals surface area contributed by atoms with Crippen LogP contribution in [-0.2, 0) is 4.79 Å². The Labute approximate surface area is 63.6 Å². The lowest BCUT2D eigenvalue weighted by atomic mass is 10.2. The number of nitrogens with one attached hydrogen (secondary N) is 1. The van der Waals surface area contributed by atoms with Crippen molar-refractivity contribution in [2.45, 2.75) is 18.6 Å². The van der Waals surface area contributed by atoms with Crippen molar-refractivity contribution in [3.05, 3.63) is 0 Å². The molecule has 1 aliphatic heterocycles. The van der Waals surface area contributed by atoms with E-state index in [1.165, 1.54) is 0 Å². The van der Waals surface area contributed by atoms with Crippen molar-refractivity contribution < 1.29 is 9.18 Å². The standard InChI is InChI=1S/C6H10FNOS/c1-10-6(9)5-2-4(7)3-8-5/h4-5,8H,2-3H2,1H3/t4-,5-/m0/s1. The highest BCUT2D eigenvalue weighted by molar-refractivity contribution is 8.13. The summed E-state index contributed by atoms with van der Waals surface area (Å²) in [7, 11) is 0. The van der Waals surface area contributed by atoms with Gasteiger partial charge in [-0.2, -0.15) is 0 Å². The van der Waals surface area contributed by atoms with E-state index < -0.39 is 6.17 Å². The summed E-state index contributed by atoms with van der Waals surface area (Å²) in [6.07, 6.45) is 1.23. The predicted molar refractivity (Wildman–Crippen MR) is 39.8 cm³/mol. The zero-order chi connectivity index (χ0) is 7.56. The third-order valence-corrected chi connectivity index (χ3v) is 2.25. The van der Waals surface area contributed by atoms with Crippen LogP contribution < -0.4 is 5.32 Å². The third-order valence-electron chi connectivity index (χ3n) is 1.56. The van der Waals surface area contributed by atoms with Gasteiger partial charge < -0.3 is 5.32 Å². The first kappa shape index (κ1) is 8.01. The second-order valence-corrected chi connectivity index (χ2v) is 3.13. The summed E-state index contributed by atoms with van der Waals surface area (Å²) in [5.41, 5.74) is 0. The number of carbonyl (C=O) groups is 1. The van der Waals surface area contributed by atoms with Gasteiger partial charge in [0.05, 0.1) is 6.04 Å². The molecule has 58 valence electrons. The van der Waals surface area contributed by atoms with Gasteiger partial charge in [0, 0.05) is 13.0 Å². The molecule has 1 rings (SSSR count). The molecule has 0 aromatic rings. The molecule has 0 saturated carbocycles. The van der Waals surface area contributed by atoms with E-state index in [1.807, 2.05) is 0 Å². The van der Waals surface area contributed by atoms with Crippen molar-refractivity contribution in [1.29, 1.82) is 0 Å². The van der Waals surface area contributed by atoms with Crippen molar-refractivity contribution in [3.63, 3.8) is 0 Å². The Morgan fingerprint density at radius 2 is 2.50 bits per heavy atom. The Morgan fingerprint density at radius 3 is 2.90 bits per heavy atom. The Hall–Kier alpha value is -0.0900. The number of rotatable bonds is 1. The molecular weight excluding hydrogens is 153 g/mol. The Morgan fingerprint density at radius 1 is 1.80 bits per heavy atom. The van der Waals surface area contributed by atoms with Crippen molar-refractivity contribution in [1.82, 2.24) is 5.32 Å². The van der Waals surface area contributed by atoms with E-state index in [0.29, 0.717) is 13.0 Å². The minimum atomic E-state index is -0.832. The van der Waals surface area contributed by atoms with E-state index in [2.05, 4.69) is 5.32 Å². The molecule has 1 aliphatic rings. The smallest absolute Gasteiger partial charge is 0.205 e. The van der Waals surface area contributed by atoms with Crippen LogP contribution in [0.3, 0.4) is 0 Å². The molecule has 0 bridgehead atoms. The summed E-state index contributed by atoms with van der Waals surface area (Å²) >= 11 is 1.16. The lowest BCUT2D eigenvalue weighted by molar-refractivity contribution is -0.112. The SMILES string of the molecule is CSC(=O)[C@@H]1C[C@H](F)CN1. The molecule has 0 spiro atoms. The number of hydrogen-bond donors (Lipinski definition) is 1. The van der Waals surface area contributed by atoms with Crippen LogP contribution in [0.15, 0.2) is 0 Å². The molecule has 0 unspecified atom stereocenters. The summed E-state index contributed by atoms with van der Waals surface area (Å²) in [5.74, 6) is 0. The summed E-state index contributed by atoms with van der Waals surface area (Å²) in [6.45, 7) is 0.330. The van der Waals surface area contributed by atoms with E-state index in [0.717, 1.165) is 11.8 Å². The van der Waals surface area contributed by atoms with Gasteiger partial charge in [-0.05, 0) is 6.26 Å². The maximum Gasteiger partial charge on any atom is 0.205 e. The van der Waals surface area contributed by atoms with Crippen LogP contribution in [0, 0.1) is 0 Å². The molecule has 0 aromatic carbocycles. The molecule has 4 heteroatoms. The van der Waals surface area contributed by atoms with Crippen LogP contribution in [0.1, 0.15) is 6.42 Å². The van der Waals surface area contributed by atoms with Gasteiger partial charge in [-0.15, -0.1) is 0 Å². The highest BCUT2D eigenvalue weighted by Gasteiger charge is 2.28. The van der Waals surface area contributed by atoms with Gasteiger partial charge in [0.2, 0.25) is 5.12 Å². The van der Waals surface area contributed by atoms with Crippen LogP contribution in [0.4, 0.5) is 4.39 Å². The van der Waals surface area contributed by atoms with Gasteiger partial charge in [0.25, 0.3) is 0 Å². The average molecular weight is 163 g/mol. The van der Waals surface area contributed by atoms with Crippen LogP contribution in [-0.4, -0.2) is 30.1 Å². The van der Waals surface area contributed by atoms with E-state index in [4.69, 9.17) is 0 Å². The lowest BCUT2D eigenvalue weighted by Gasteiger charge is -2.03. The van der Waals surface area contributed by atoms with Crippen molar-refractivity contribution in [2.24, 2.45) is 0 Å². The molecule has 2 atom stereocenters. The van der Waals surface area contributed by atoms with E-state index >= 15 is 0 Å². The third kappa shape index (κ3) is 1.70. The maximum atomic E-state index is 12.4.